The summed E-state index contributed by atoms with van der Waals surface area (Å²) in [6.45, 7) is 7.85. The molecule has 0 heterocycles. The van der Waals surface area contributed by atoms with E-state index in [4.69, 9.17) is 0 Å². The molecule has 2 atom stereocenters. The summed E-state index contributed by atoms with van der Waals surface area (Å²) in [6, 6.07) is 6.96. The lowest BCUT2D eigenvalue weighted by Crippen LogP contribution is -2.25. The second kappa shape index (κ2) is 3.64. The maximum absolute atomic E-state index is 3.34. The van der Waals surface area contributed by atoms with E-state index in [0.29, 0.717) is 5.41 Å². The first-order chi connectivity index (χ1) is 7.08. The van der Waals surface area contributed by atoms with E-state index in [1.165, 1.54) is 23.1 Å². The summed E-state index contributed by atoms with van der Waals surface area (Å²) >= 11 is 0. The number of rotatable bonds is 3. The Morgan fingerprint density at radius 1 is 1.27 bits per heavy atom. The molecule has 1 heteroatoms. The SMILES string of the molecule is CNCC1(c2cc(C)cc(C)c2)CC1C. The van der Waals surface area contributed by atoms with Crippen molar-refractivity contribution in [2.24, 2.45) is 5.92 Å². The van der Waals surface area contributed by atoms with E-state index in [0.717, 1.165) is 12.5 Å². The smallest absolute Gasteiger partial charge is 0.0107 e. The van der Waals surface area contributed by atoms with Crippen molar-refractivity contribution in [2.75, 3.05) is 13.6 Å². The van der Waals surface area contributed by atoms with Crippen molar-refractivity contribution in [2.45, 2.75) is 32.6 Å². The standard InChI is InChI=1S/C14H21N/c1-10-5-11(2)7-13(6-10)14(9-15-4)8-12(14)3/h5-7,12,15H,8-9H2,1-4H3. The molecule has 0 aliphatic heterocycles. The van der Waals surface area contributed by atoms with Crippen molar-refractivity contribution < 1.29 is 0 Å². The van der Waals surface area contributed by atoms with E-state index in [9.17, 15) is 0 Å². The first-order valence-corrected chi connectivity index (χ1v) is 5.82. The zero-order valence-corrected chi connectivity index (χ0v) is 10.2. The molecule has 1 fully saturated rings. The Kier molecular flexibility index (Phi) is 2.59. The molecule has 0 bridgehead atoms. The fourth-order valence-electron chi connectivity index (χ4n) is 2.82. The van der Waals surface area contributed by atoms with Gasteiger partial charge >= 0.3 is 0 Å². The van der Waals surface area contributed by atoms with Crippen LogP contribution in [0.4, 0.5) is 0 Å². The first-order valence-electron chi connectivity index (χ1n) is 5.82. The van der Waals surface area contributed by atoms with E-state index in [-0.39, 0.29) is 0 Å². The van der Waals surface area contributed by atoms with Crippen LogP contribution in [0.3, 0.4) is 0 Å². The summed E-state index contributed by atoms with van der Waals surface area (Å²) < 4.78 is 0. The fourth-order valence-corrected chi connectivity index (χ4v) is 2.82. The van der Waals surface area contributed by atoms with Crippen LogP contribution >= 0.6 is 0 Å². The van der Waals surface area contributed by atoms with Crippen LogP contribution in [-0.2, 0) is 5.41 Å². The van der Waals surface area contributed by atoms with Gasteiger partial charge in [0.2, 0.25) is 0 Å². The molecule has 1 N–H and O–H groups in total. The molecular weight excluding hydrogens is 182 g/mol. The van der Waals surface area contributed by atoms with Gasteiger partial charge in [-0.1, -0.05) is 36.2 Å². The maximum atomic E-state index is 3.34. The molecule has 2 rings (SSSR count). The summed E-state index contributed by atoms with van der Waals surface area (Å²) in [5, 5.41) is 3.34. The Bertz CT molecular complexity index is 349. The van der Waals surface area contributed by atoms with Crippen molar-refractivity contribution in [1.82, 2.24) is 5.32 Å². The topological polar surface area (TPSA) is 12.0 Å². The average molecular weight is 203 g/mol. The lowest BCUT2D eigenvalue weighted by molar-refractivity contribution is 0.580. The Morgan fingerprint density at radius 2 is 1.80 bits per heavy atom. The molecular formula is C14H21N. The zero-order valence-electron chi connectivity index (χ0n) is 10.2. The highest BCUT2D eigenvalue weighted by atomic mass is 14.9. The lowest BCUT2D eigenvalue weighted by atomic mass is 9.91. The molecule has 1 nitrogen and oxygen atoms in total. The molecule has 0 saturated heterocycles. The minimum atomic E-state index is 0.422. The number of hydrogen-bond acceptors (Lipinski definition) is 1. The number of aryl methyl sites for hydroxylation is 2. The minimum Gasteiger partial charge on any atom is -0.319 e. The Hall–Kier alpha value is -0.820. The van der Waals surface area contributed by atoms with Crippen LogP contribution < -0.4 is 5.32 Å². The van der Waals surface area contributed by atoms with Gasteiger partial charge in [-0.25, -0.2) is 0 Å². The molecule has 0 radical (unpaired) electrons. The van der Waals surface area contributed by atoms with Gasteiger partial charge in [-0.05, 0) is 38.8 Å². The van der Waals surface area contributed by atoms with Crippen LogP contribution in [0.1, 0.15) is 30.0 Å². The van der Waals surface area contributed by atoms with Crippen molar-refractivity contribution >= 4 is 0 Å². The predicted molar refractivity (Wildman–Crippen MR) is 65.3 cm³/mol. The lowest BCUT2D eigenvalue weighted by Gasteiger charge is -2.18. The van der Waals surface area contributed by atoms with E-state index in [2.05, 4.69) is 51.3 Å². The third-order valence-corrected chi connectivity index (χ3v) is 3.74. The van der Waals surface area contributed by atoms with Crippen LogP contribution in [0.15, 0.2) is 18.2 Å². The average Bonchev–Trinajstić information content (AvgIpc) is 2.77. The molecule has 0 aromatic heterocycles. The highest BCUT2D eigenvalue weighted by molar-refractivity contribution is 5.39. The normalized spacial score (nSPS) is 29.2. The van der Waals surface area contributed by atoms with Gasteiger partial charge in [-0.3, -0.25) is 0 Å². The van der Waals surface area contributed by atoms with Gasteiger partial charge in [-0.15, -0.1) is 0 Å². The van der Waals surface area contributed by atoms with Gasteiger partial charge < -0.3 is 5.32 Å². The van der Waals surface area contributed by atoms with Crippen LogP contribution in [0.25, 0.3) is 0 Å². The number of hydrogen-bond donors (Lipinski definition) is 1. The minimum absolute atomic E-state index is 0.422. The fraction of sp³-hybridized carbons (Fsp3) is 0.571. The molecule has 0 amide bonds. The van der Waals surface area contributed by atoms with Gasteiger partial charge in [0.05, 0.1) is 0 Å². The molecule has 1 aliphatic rings. The quantitative estimate of drug-likeness (QED) is 0.796. The Balaban J connectivity index is 2.36. The molecule has 1 aliphatic carbocycles. The maximum Gasteiger partial charge on any atom is 0.0107 e. The molecule has 1 aromatic rings. The van der Waals surface area contributed by atoms with Crippen LogP contribution in [-0.4, -0.2) is 13.6 Å². The van der Waals surface area contributed by atoms with Crippen LogP contribution in [0, 0.1) is 19.8 Å². The number of benzene rings is 1. The number of likely N-dealkylation sites (N-methyl/N-ethyl adjacent to an activating group) is 1. The van der Waals surface area contributed by atoms with Crippen LogP contribution in [0.5, 0.6) is 0 Å². The summed E-state index contributed by atoms with van der Waals surface area (Å²) in [7, 11) is 2.05. The first kappa shape index (κ1) is 10.7. The Labute approximate surface area is 92.9 Å². The summed E-state index contributed by atoms with van der Waals surface area (Å²) in [5.41, 5.74) is 4.73. The molecule has 2 unspecified atom stereocenters. The van der Waals surface area contributed by atoms with Gasteiger partial charge in [0, 0.05) is 12.0 Å². The highest BCUT2D eigenvalue weighted by Crippen LogP contribution is 2.53. The third kappa shape index (κ3) is 1.81. The van der Waals surface area contributed by atoms with E-state index in [1.807, 2.05) is 0 Å². The summed E-state index contributed by atoms with van der Waals surface area (Å²) in [6.07, 6.45) is 1.33. The van der Waals surface area contributed by atoms with Gasteiger partial charge in [0.25, 0.3) is 0 Å². The van der Waals surface area contributed by atoms with Crippen molar-refractivity contribution in [3.05, 3.63) is 34.9 Å². The van der Waals surface area contributed by atoms with Gasteiger partial charge in [0.15, 0.2) is 0 Å². The molecule has 1 saturated carbocycles. The molecule has 15 heavy (non-hydrogen) atoms. The highest BCUT2D eigenvalue weighted by Gasteiger charge is 2.51. The second-order valence-electron chi connectivity index (χ2n) is 5.17. The van der Waals surface area contributed by atoms with Crippen molar-refractivity contribution in [3.8, 4) is 0 Å². The van der Waals surface area contributed by atoms with Gasteiger partial charge in [0.1, 0.15) is 0 Å². The van der Waals surface area contributed by atoms with Crippen molar-refractivity contribution in [1.29, 1.82) is 0 Å². The van der Waals surface area contributed by atoms with E-state index >= 15 is 0 Å². The molecule has 82 valence electrons. The monoisotopic (exact) mass is 203 g/mol. The van der Waals surface area contributed by atoms with Gasteiger partial charge in [-0.2, -0.15) is 0 Å². The zero-order chi connectivity index (χ0) is 11.1. The summed E-state index contributed by atoms with van der Waals surface area (Å²) in [4.78, 5) is 0. The van der Waals surface area contributed by atoms with Crippen LogP contribution in [0.2, 0.25) is 0 Å². The molecule has 1 aromatic carbocycles. The largest absolute Gasteiger partial charge is 0.319 e. The Morgan fingerprint density at radius 3 is 2.20 bits per heavy atom. The van der Waals surface area contributed by atoms with E-state index in [1.54, 1.807) is 0 Å². The van der Waals surface area contributed by atoms with Crippen molar-refractivity contribution in [3.63, 3.8) is 0 Å². The number of nitrogens with one attached hydrogen (secondary N) is 1. The molecule has 0 spiro atoms. The van der Waals surface area contributed by atoms with E-state index < -0.39 is 0 Å². The third-order valence-electron chi connectivity index (χ3n) is 3.74. The predicted octanol–water partition coefficient (Wildman–Crippen LogP) is 2.80. The summed E-state index contributed by atoms with van der Waals surface area (Å²) in [5.74, 6) is 0.825. The second-order valence-corrected chi connectivity index (χ2v) is 5.17.